The Labute approximate surface area is 149 Å². The van der Waals surface area contributed by atoms with Gasteiger partial charge in [0.1, 0.15) is 5.56 Å². The molecule has 2 amide bonds. The zero-order valence-corrected chi connectivity index (χ0v) is 14.3. The van der Waals surface area contributed by atoms with Crippen LogP contribution in [0.4, 0.5) is 0 Å². The summed E-state index contributed by atoms with van der Waals surface area (Å²) < 4.78 is 1.70. The molecule has 8 nitrogen and oxygen atoms in total. The predicted molar refractivity (Wildman–Crippen MR) is 93.9 cm³/mol. The highest BCUT2D eigenvalue weighted by Crippen LogP contribution is 2.28. The summed E-state index contributed by atoms with van der Waals surface area (Å²) >= 11 is 0. The number of nitrogens with one attached hydrogen (secondary N) is 1. The van der Waals surface area contributed by atoms with Crippen molar-refractivity contribution in [2.24, 2.45) is 0 Å². The monoisotopic (exact) mass is 350 g/mol. The first-order valence-electron chi connectivity index (χ1n) is 8.43. The summed E-state index contributed by atoms with van der Waals surface area (Å²) in [5.41, 5.74) is 2.56. The first-order chi connectivity index (χ1) is 12.7. The van der Waals surface area contributed by atoms with E-state index in [1.807, 2.05) is 11.0 Å². The Morgan fingerprint density at radius 2 is 2.00 bits per heavy atom. The Bertz CT molecular complexity index is 968. The van der Waals surface area contributed by atoms with Crippen LogP contribution in [0.15, 0.2) is 43.0 Å². The van der Waals surface area contributed by atoms with Gasteiger partial charge in [-0.1, -0.05) is 0 Å². The summed E-state index contributed by atoms with van der Waals surface area (Å²) in [6.45, 7) is 1.29. The first kappa shape index (κ1) is 16.2. The zero-order chi connectivity index (χ0) is 18.1. The molecule has 1 N–H and O–H groups in total. The van der Waals surface area contributed by atoms with E-state index in [4.69, 9.17) is 0 Å². The van der Waals surface area contributed by atoms with Crippen molar-refractivity contribution in [1.82, 2.24) is 29.8 Å². The fraction of sp³-hybridized carbons (Fsp3) is 0.278. The second-order valence-electron chi connectivity index (χ2n) is 6.22. The van der Waals surface area contributed by atoms with E-state index >= 15 is 0 Å². The van der Waals surface area contributed by atoms with Gasteiger partial charge in [-0.25, -0.2) is 9.50 Å². The molecule has 0 aliphatic carbocycles. The number of likely N-dealkylation sites (tertiary alicyclic amines) is 1. The Morgan fingerprint density at radius 3 is 2.77 bits per heavy atom. The minimum absolute atomic E-state index is 0.00622. The maximum absolute atomic E-state index is 12.6. The van der Waals surface area contributed by atoms with Crippen LogP contribution in [0.2, 0.25) is 0 Å². The minimum Gasteiger partial charge on any atom is -0.355 e. The van der Waals surface area contributed by atoms with E-state index in [1.165, 1.54) is 6.20 Å². The van der Waals surface area contributed by atoms with E-state index in [0.29, 0.717) is 29.9 Å². The van der Waals surface area contributed by atoms with Gasteiger partial charge in [0.25, 0.3) is 11.8 Å². The molecule has 8 heteroatoms. The van der Waals surface area contributed by atoms with E-state index in [0.717, 1.165) is 12.1 Å². The lowest BCUT2D eigenvalue weighted by Gasteiger charge is -2.17. The van der Waals surface area contributed by atoms with Gasteiger partial charge in [0.15, 0.2) is 5.65 Å². The highest BCUT2D eigenvalue weighted by molar-refractivity contribution is 5.99. The summed E-state index contributed by atoms with van der Waals surface area (Å²) in [7, 11) is 1.58. The Morgan fingerprint density at radius 1 is 1.19 bits per heavy atom. The van der Waals surface area contributed by atoms with Crippen molar-refractivity contribution in [3.8, 4) is 0 Å². The van der Waals surface area contributed by atoms with Crippen LogP contribution in [-0.2, 0) is 0 Å². The fourth-order valence-electron chi connectivity index (χ4n) is 3.38. The van der Waals surface area contributed by atoms with Crippen LogP contribution in [-0.4, -0.2) is 56.4 Å². The number of amides is 2. The lowest BCUT2D eigenvalue weighted by atomic mass is 10.0. The van der Waals surface area contributed by atoms with Crippen molar-refractivity contribution < 1.29 is 9.59 Å². The van der Waals surface area contributed by atoms with Gasteiger partial charge >= 0.3 is 0 Å². The number of fused-ring (bicyclic) bond motifs is 1. The van der Waals surface area contributed by atoms with Crippen LogP contribution in [0, 0.1) is 0 Å². The van der Waals surface area contributed by atoms with Gasteiger partial charge in [-0.15, -0.1) is 0 Å². The average molecular weight is 350 g/mol. The first-order valence-corrected chi connectivity index (χ1v) is 8.43. The summed E-state index contributed by atoms with van der Waals surface area (Å²) in [6, 6.07) is 5.35. The highest BCUT2D eigenvalue weighted by atomic mass is 16.2. The molecule has 1 fully saturated rings. The van der Waals surface area contributed by atoms with Crippen molar-refractivity contribution in [3.63, 3.8) is 0 Å². The van der Waals surface area contributed by atoms with Gasteiger partial charge in [0.2, 0.25) is 0 Å². The van der Waals surface area contributed by atoms with Gasteiger partial charge in [-0.3, -0.25) is 14.6 Å². The number of aromatic nitrogens is 4. The van der Waals surface area contributed by atoms with Crippen LogP contribution in [0.5, 0.6) is 0 Å². The number of carbonyl (C=O) groups excluding carboxylic acids is 2. The molecular formula is C18H18N6O2. The van der Waals surface area contributed by atoms with Gasteiger partial charge in [0, 0.05) is 50.2 Å². The third-order valence-corrected chi connectivity index (χ3v) is 4.72. The van der Waals surface area contributed by atoms with E-state index in [1.54, 1.807) is 42.3 Å². The number of pyridine rings is 1. The van der Waals surface area contributed by atoms with Gasteiger partial charge in [-0.05, 0) is 24.6 Å². The second-order valence-corrected chi connectivity index (χ2v) is 6.22. The van der Waals surface area contributed by atoms with E-state index in [-0.39, 0.29) is 17.7 Å². The fourth-order valence-corrected chi connectivity index (χ4v) is 3.38. The van der Waals surface area contributed by atoms with Crippen LogP contribution >= 0.6 is 0 Å². The van der Waals surface area contributed by atoms with E-state index < -0.39 is 0 Å². The average Bonchev–Trinajstić information content (AvgIpc) is 3.34. The molecule has 0 aromatic carbocycles. The van der Waals surface area contributed by atoms with E-state index in [9.17, 15) is 9.59 Å². The maximum atomic E-state index is 12.6. The molecule has 1 aliphatic heterocycles. The number of hydrogen-bond acceptors (Lipinski definition) is 5. The molecule has 0 spiro atoms. The highest BCUT2D eigenvalue weighted by Gasteiger charge is 2.30. The molecule has 132 valence electrons. The SMILES string of the molecule is CNC(=O)c1cnn2c([C@@H]3CCN(C(=O)c4ccncc4)C3)ccnc12. The number of carbonyl (C=O) groups is 2. The molecule has 3 aromatic rings. The number of rotatable bonds is 3. The Kier molecular flexibility index (Phi) is 4.08. The minimum atomic E-state index is -0.217. The molecule has 26 heavy (non-hydrogen) atoms. The molecule has 3 aromatic heterocycles. The third-order valence-electron chi connectivity index (χ3n) is 4.72. The Balaban J connectivity index is 1.60. The molecule has 4 heterocycles. The normalized spacial score (nSPS) is 16.8. The summed E-state index contributed by atoms with van der Waals surface area (Å²) in [5.74, 6) is -0.0685. The smallest absolute Gasteiger partial charge is 0.256 e. The van der Waals surface area contributed by atoms with Crippen LogP contribution in [0.3, 0.4) is 0 Å². The molecule has 0 radical (unpaired) electrons. The summed E-state index contributed by atoms with van der Waals surface area (Å²) in [4.78, 5) is 34.7. The molecule has 1 atom stereocenters. The van der Waals surface area contributed by atoms with Gasteiger partial charge in [-0.2, -0.15) is 5.10 Å². The molecule has 0 unspecified atom stereocenters. The lowest BCUT2D eigenvalue weighted by molar-refractivity contribution is 0.0790. The van der Waals surface area contributed by atoms with Crippen molar-refractivity contribution in [1.29, 1.82) is 0 Å². The molecular weight excluding hydrogens is 332 g/mol. The summed E-state index contributed by atoms with van der Waals surface area (Å²) in [6.07, 6.45) is 7.30. The van der Waals surface area contributed by atoms with Crippen molar-refractivity contribution >= 4 is 17.5 Å². The zero-order valence-electron chi connectivity index (χ0n) is 14.3. The van der Waals surface area contributed by atoms with Crippen molar-refractivity contribution in [3.05, 3.63) is 59.8 Å². The molecule has 0 bridgehead atoms. The van der Waals surface area contributed by atoms with Crippen molar-refractivity contribution in [2.45, 2.75) is 12.3 Å². The number of hydrogen-bond donors (Lipinski definition) is 1. The molecule has 4 rings (SSSR count). The van der Waals surface area contributed by atoms with E-state index in [2.05, 4.69) is 20.4 Å². The maximum Gasteiger partial charge on any atom is 0.256 e. The lowest BCUT2D eigenvalue weighted by Crippen LogP contribution is -2.28. The Hall–Kier alpha value is -3.29. The molecule has 1 saturated heterocycles. The number of nitrogens with zero attached hydrogens (tertiary/aromatic N) is 5. The topological polar surface area (TPSA) is 92.5 Å². The van der Waals surface area contributed by atoms with Gasteiger partial charge < -0.3 is 10.2 Å². The molecule has 1 aliphatic rings. The molecule has 0 saturated carbocycles. The van der Waals surface area contributed by atoms with Crippen LogP contribution in [0.25, 0.3) is 5.65 Å². The van der Waals surface area contributed by atoms with Gasteiger partial charge in [0.05, 0.1) is 11.9 Å². The third kappa shape index (κ3) is 2.69. The van der Waals surface area contributed by atoms with Crippen LogP contribution < -0.4 is 5.32 Å². The quantitative estimate of drug-likeness (QED) is 0.764. The van der Waals surface area contributed by atoms with Crippen LogP contribution in [0.1, 0.15) is 38.7 Å². The predicted octanol–water partition coefficient (Wildman–Crippen LogP) is 1.11. The second kappa shape index (κ2) is 6.55. The largest absolute Gasteiger partial charge is 0.355 e. The van der Waals surface area contributed by atoms with Crippen molar-refractivity contribution in [2.75, 3.05) is 20.1 Å². The standard InChI is InChI=1S/C18H18N6O2/c1-19-17(25)14-10-22-24-15(4-8-21-16(14)24)13-5-9-23(11-13)18(26)12-2-6-20-7-3-12/h2-4,6-8,10,13H,5,9,11H2,1H3,(H,19,25)/t13-/m1/s1. The summed E-state index contributed by atoms with van der Waals surface area (Å²) in [5, 5.41) is 6.94.